The molecule has 8 heteroatoms. The number of imide groups is 1. The molecule has 1 atom stereocenters. The van der Waals surface area contributed by atoms with Gasteiger partial charge >= 0.3 is 6.03 Å². The molecule has 0 bridgehead atoms. The number of pyridine rings is 1. The predicted octanol–water partition coefficient (Wildman–Crippen LogP) is 2.04. The van der Waals surface area contributed by atoms with Crippen LogP contribution in [0.4, 0.5) is 9.18 Å². The maximum absolute atomic E-state index is 13.2. The largest absolute Gasteiger partial charge is 0.325 e. The van der Waals surface area contributed by atoms with Crippen molar-refractivity contribution in [3.05, 3.63) is 65.5 Å². The van der Waals surface area contributed by atoms with Gasteiger partial charge in [0.2, 0.25) is 0 Å². The summed E-state index contributed by atoms with van der Waals surface area (Å²) in [4.78, 5) is 43.3. The number of rotatable bonds is 4. The second-order valence-corrected chi connectivity index (χ2v) is 7.00. The maximum atomic E-state index is 13.2. The zero-order valence-corrected chi connectivity index (χ0v) is 15.8. The number of nitrogens with one attached hydrogen (secondary N) is 1. The smallest absolute Gasteiger partial charge is 0.319 e. The van der Waals surface area contributed by atoms with Crippen LogP contribution in [-0.2, 0) is 10.3 Å². The van der Waals surface area contributed by atoms with Crippen LogP contribution < -0.4 is 10.8 Å². The molecule has 146 valence electrons. The molecule has 3 amide bonds. The van der Waals surface area contributed by atoms with E-state index in [-0.39, 0.29) is 6.04 Å². The molecular formula is C20H21FN4O3. The summed E-state index contributed by atoms with van der Waals surface area (Å²) in [5.41, 5.74) is -0.488. The first-order chi connectivity index (χ1) is 13.2. The topological polar surface area (TPSA) is 83.8 Å². The molecule has 1 unspecified atom stereocenters. The third kappa shape index (κ3) is 3.58. The Balaban J connectivity index is 1.88. The quantitative estimate of drug-likeness (QED) is 0.819. The summed E-state index contributed by atoms with van der Waals surface area (Å²) >= 11 is 0. The van der Waals surface area contributed by atoms with Gasteiger partial charge in [-0.05, 0) is 50.6 Å². The van der Waals surface area contributed by atoms with Gasteiger partial charge in [-0.15, -0.1) is 0 Å². The van der Waals surface area contributed by atoms with E-state index in [0.717, 1.165) is 4.90 Å². The molecule has 0 aliphatic carbocycles. The Hall–Kier alpha value is -3.29. The maximum Gasteiger partial charge on any atom is 0.325 e. The van der Waals surface area contributed by atoms with Crippen molar-refractivity contribution < 1.29 is 18.8 Å². The van der Waals surface area contributed by atoms with Gasteiger partial charge in [0, 0.05) is 12.2 Å². The first-order valence-electron chi connectivity index (χ1n) is 8.87. The normalized spacial score (nSPS) is 20.0. The molecule has 0 spiro atoms. The summed E-state index contributed by atoms with van der Waals surface area (Å²) in [5.74, 6) is -1.48. The summed E-state index contributed by atoms with van der Waals surface area (Å²) in [6, 6.07) is 9.71. The Kier molecular flexibility index (Phi) is 5.13. The number of hydrogen-bond donors (Lipinski definition) is 1. The Bertz CT molecular complexity index is 997. The number of hydrogen-bond acceptors (Lipinski definition) is 4. The molecule has 1 fully saturated rings. The average Bonchev–Trinajstić information content (AvgIpc) is 2.86. The van der Waals surface area contributed by atoms with Crippen LogP contribution in [-0.4, -0.2) is 39.9 Å². The number of aromatic nitrogens is 1. The molecule has 3 rings (SSSR count). The summed E-state index contributed by atoms with van der Waals surface area (Å²) in [5, 5.41) is 2.60. The second kappa shape index (κ2) is 7.38. The predicted molar refractivity (Wildman–Crippen MR) is 99.8 cm³/mol. The lowest BCUT2D eigenvalue weighted by Crippen LogP contribution is -2.43. The molecule has 2 aromatic rings. The third-order valence-electron chi connectivity index (χ3n) is 4.49. The van der Waals surface area contributed by atoms with E-state index < -0.39 is 35.7 Å². The van der Waals surface area contributed by atoms with Crippen molar-refractivity contribution in [2.45, 2.75) is 32.4 Å². The van der Waals surface area contributed by atoms with Gasteiger partial charge in [0.05, 0.1) is 0 Å². The van der Waals surface area contributed by atoms with Crippen LogP contribution in [0.3, 0.4) is 0 Å². The fraction of sp³-hybridized carbons (Fsp3) is 0.300. The molecule has 0 saturated carbocycles. The van der Waals surface area contributed by atoms with Crippen LogP contribution in [0.2, 0.25) is 0 Å². The third-order valence-corrected chi connectivity index (χ3v) is 4.49. The van der Waals surface area contributed by atoms with Crippen molar-refractivity contribution in [1.29, 1.82) is 0 Å². The highest BCUT2D eigenvalue weighted by Gasteiger charge is 2.49. The van der Waals surface area contributed by atoms with E-state index in [9.17, 15) is 18.8 Å². The SMILES string of the molecule is CC(C)N=c1ccccn1C(=O)CN1C(=O)NC(C)(c2ccc(F)cc2)C1=O. The van der Waals surface area contributed by atoms with E-state index in [2.05, 4.69) is 10.3 Å². The fourth-order valence-electron chi connectivity index (χ4n) is 3.05. The van der Waals surface area contributed by atoms with Gasteiger partial charge < -0.3 is 5.32 Å². The molecule has 28 heavy (non-hydrogen) atoms. The molecule has 1 saturated heterocycles. The van der Waals surface area contributed by atoms with E-state index in [4.69, 9.17) is 0 Å². The van der Waals surface area contributed by atoms with Gasteiger partial charge in [-0.1, -0.05) is 18.2 Å². The number of amides is 3. The van der Waals surface area contributed by atoms with Crippen LogP contribution in [0.25, 0.3) is 0 Å². The lowest BCUT2D eigenvalue weighted by Gasteiger charge is -2.22. The van der Waals surface area contributed by atoms with Crippen LogP contribution >= 0.6 is 0 Å². The molecule has 1 aliphatic heterocycles. The summed E-state index contributed by atoms with van der Waals surface area (Å²) in [6.07, 6.45) is 1.54. The van der Waals surface area contributed by atoms with Crippen LogP contribution in [0, 0.1) is 5.82 Å². The van der Waals surface area contributed by atoms with E-state index in [1.54, 1.807) is 24.4 Å². The van der Waals surface area contributed by atoms with E-state index in [1.165, 1.54) is 35.8 Å². The Labute approximate surface area is 161 Å². The lowest BCUT2D eigenvalue weighted by molar-refractivity contribution is -0.130. The van der Waals surface area contributed by atoms with Crippen LogP contribution in [0.1, 0.15) is 31.1 Å². The summed E-state index contributed by atoms with van der Waals surface area (Å²) in [6.45, 7) is 4.86. The number of urea groups is 1. The van der Waals surface area contributed by atoms with Crippen molar-refractivity contribution >= 4 is 17.8 Å². The van der Waals surface area contributed by atoms with Gasteiger partial charge in [-0.2, -0.15) is 0 Å². The number of carbonyl (C=O) groups excluding carboxylic acids is 3. The highest BCUT2D eigenvalue weighted by Crippen LogP contribution is 2.28. The van der Waals surface area contributed by atoms with Gasteiger partial charge in [0.25, 0.3) is 11.8 Å². The number of halogens is 1. The first-order valence-corrected chi connectivity index (χ1v) is 8.87. The van der Waals surface area contributed by atoms with E-state index >= 15 is 0 Å². The number of benzene rings is 1. The summed E-state index contributed by atoms with van der Waals surface area (Å²) < 4.78 is 14.5. The second-order valence-electron chi connectivity index (χ2n) is 7.00. The van der Waals surface area contributed by atoms with Gasteiger partial charge in [0.1, 0.15) is 23.4 Å². The Morgan fingerprint density at radius 1 is 1.18 bits per heavy atom. The average molecular weight is 384 g/mol. The minimum atomic E-state index is -1.36. The molecule has 1 aromatic carbocycles. The van der Waals surface area contributed by atoms with Crippen molar-refractivity contribution in [3.8, 4) is 0 Å². The lowest BCUT2D eigenvalue weighted by atomic mass is 9.92. The number of carbonyl (C=O) groups is 3. The standard InChI is InChI=1S/C20H21FN4O3/c1-13(2)22-16-6-4-5-11-24(16)17(26)12-25-18(27)20(3,23-19(25)28)14-7-9-15(21)10-8-14/h4-11,13H,12H2,1-3H3,(H,23,28). The molecule has 2 heterocycles. The summed E-state index contributed by atoms with van der Waals surface area (Å²) in [7, 11) is 0. The fourth-order valence-corrected chi connectivity index (χ4v) is 3.05. The van der Waals surface area contributed by atoms with Crippen molar-refractivity contribution in [1.82, 2.24) is 14.8 Å². The highest BCUT2D eigenvalue weighted by molar-refractivity contribution is 6.09. The molecule has 1 aromatic heterocycles. The van der Waals surface area contributed by atoms with Gasteiger partial charge in [-0.25, -0.2) is 9.18 Å². The Morgan fingerprint density at radius 3 is 2.50 bits per heavy atom. The van der Waals surface area contributed by atoms with Crippen LogP contribution in [0.15, 0.2) is 53.7 Å². The van der Waals surface area contributed by atoms with Crippen LogP contribution in [0.5, 0.6) is 0 Å². The van der Waals surface area contributed by atoms with E-state index in [1.807, 2.05) is 13.8 Å². The number of nitrogens with zero attached hydrogens (tertiary/aromatic N) is 3. The monoisotopic (exact) mass is 384 g/mol. The van der Waals surface area contributed by atoms with Crippen molar-refractivity contribution in [3.63, 3.8) is 0 Å². The molecule has 1 aliphatic rings. The molecule has 0 radical (unpaired) electrons. The molecule has 7 nitrogen and oxygen atoms in total. The molecular weight excluding hydrogens is 363 g/mol. The first kappa shape index (κ1) is 19.5. The zero-order chi connectivity index (χ0) is 20.5. The van der Waals surface area contributed by atoms with E-state index in [0.29, 0.717) is 11.1 Å². The minimum Gasteiger partial charge on any atom is -0.319 e. The van der Waals surface area contributed by atoms with Gasteiger partial charge in [0.15, 0.2) is 0 Å². The van der Waals surface area contributed by atoms with Gasteiger partial charge in [-0.3, -0.25) is 24.0 Å². The zero-order valence-electron chi connectivity index (χ0n) is 15.8. The minimum absolute atomic E-state index is 0.0278. The Morgan fingerprint density at radius 2 is 1.86 bits per heavy atom. The highest BCUT2D eigenvalue weighted by atomic mass is 19.1. The van der Waals surface area contributed by atoms with Crippen molar-refractivity contribution in [2.24, 2.45) is 4.99 Å². The molecule has 1 N–H and O–H groups in total. The van der Waals surface area contributed by atoms with Crippen molar-refractivity contribution in [2.75, 3.05) is 6.54 Å².